The molecule has 0 bridgehead atoms. The molecule has 0 atom stereocenters. The van der Waals surface area contributed by atoms with Crippen LogP contribution in [0.5, 0.6) is 0 Å². The van der Waals surface area contributed by atoms with Gasteiger partial charge in [0.1, 0.15) is 11.6 Å². The van der Waals surface area contributed by atoms with E-state index in [0.717, 1.165) is 42.5 Å². The number of nitrogens with zero attached hydrogens (tertiary/aromatic N) is 3. The van der Waals surface area contributed by atoms with Crippen molar-refractivity contribution in [3.8, 4) is 0 Å². The zero-order valence-corrected chi connectivity index (χ0v) is 16.6. The average Bonchev–Trinajstić information content (AvgIpc) is 2.99. The van der Waals surface area contributed by atoms with Crippen molar-refractivity contribution in [2.45, 2.75) is 24.6 Å². The van der Waals surface area contributed by atoms with Crippen LogP contribution >= 0.6 is 0 Å². The second-order valence-electron chi connectivity index (χ2n) is 7.01. The zero-order chi connectivity index (χ0) is 19.4. The van der Waals surface area contributed by atoms with E-state index in [0.29, 0.717) is 18.8 Å². The van der Waals surface area contributed by atoms with E-state index in [1.54, 1.807) is 12.1 Å². The first-order valence-electron chi connectivity index (χ1n) is 9.05. The monoisotopic (exact) mass is 395 g/mol. The Kier molecular flexibility index (Phi) is 6.31. The van der Waals surface area contributed by atoms with Crippen LogP contribution in [0.15, 0.2) is 45.9 Å². The van der Waals surface area contributed by atoms with Gasteiger partial charge < -0.3 is 4.42 Å². The van der Waals surface area contributed by atoms with E-state index in [9.17, 15) is 12.8 Å². The summed E-state index contributed by atoms with van der Waals surface area (Å²) in [5.74, 6) is 0.474. The molecular weight excluding hydrogens is 369 g/mol. The van der Waals surface area contributed by atoms with E-state index < -0.39 is 10.0 Å². The van der Waals surface area contributed by atoms with Crippen LogP contribution in [-0.4, -0.2) is 62.8 Å². The highest BCUT2D eigenvalue weighted by atomic mass is 32.2. The van der Waals surface area contributed by atoms with Gasteiger partial charge in [-0.05, 0) is 37.7 Å². The van der Waals surface area contributed by atoms with E-state index in [2.05, 4.69) is 9.80 Å². The molecule has 27 heavy (non-hydrogen) atoms. The maximum Gasteiger partial charge on any atom is 0.275 e. The second-order valence-corrected chi connectivity index (χ2v) is 9.09. The molecule has 3 rings (SSSR count). The lowest BCUT2D eigenvalue weighted by Crippen LogP contribution is -2.30. The van der Waals surface area contributed by atoms with Crippen LogP contribution in [0.1, 0.15) is 17.7 Å². The largest absolute Gasteiger partial charge is 0.447 e. The summed E-state index contributed by atoms with van der Waals surface area (Å²) in [4.78, 5) is 4.49. The third-order valence-corrected chi connectivity index (χ3v) is 6.47. The minimum absolute atomic E-state index is 0.0292. The third-order valence-electron chi connectivity index (χ3n) is 4.78. The molecule has 0 radical (unpaired) electrons. The second kappa shape index (κ2) is 8.52. The number of benzene rings is 1. The molecule has 1 aromatic carbocycles. The fourth-order valence-corrected chi connectivity index (χ4v) is 4.00. The molecule has 2 heterocycles. The summed E-state index contributed by atoms with van der Waals surface area (Å²) in [5, 5.41) is -0.0292. The van der Waals surface area contributed by atoms with Gasteiger partial charge in [-0.15, -0.1) is 0 Å². The van der Waals surface area contributed by atoms with Crippen molar-refractivity contribution < 1.29 is 17.2 Å². The number of furan rings is 1. The van der Waals surface area contributed by atoms with Crippen molar-refractivity contribution in [1.29, 1.82) is 0 Å². The molecule has 8 heteroatoms. The zero-order valence-electron chi connectivity index (χ0n) is 15.8. The smallest absolute Gasteiger partial charge is 0.275 e. The first kappa shape index (κ1) is 20.0. The summed E-state index contributed by atoms with van der Waals surface area (Å²) in [7, 11) is -0.582. The summed E-state index contributed by atoms with van der Waals surface area (Å²) in [6.45, 7) is 4.62. The summed E-state index contributed by atoms with van der Waals surface area (Å²) in [6.07, 6.45) is 0.970. The molecule has 6 nitrogen and oxygen atoms in total. The van der Waals surface area contributed by atoms with Gasteiger partial charge in [0.05, 0.1) is 6.54 Å². The van der Waals surface area contributed by atoms with Crippen LogP contribution in [0.4, 0.5) is 4.39 Å². The molecule has 1 aromatic heterocycles. The maximum atomic E-state index is 13.9. The molecule has 1 aliphatic rings. The van der Waals surface area contributed by atoms with Crippen molar-refractivity contribution in [3.63, 3.8) is 0 Å². The minimum Gasteiger partial charge on any atom is -0.447 e. The van der Waals surface area contributed by atoms with Gasteiger partial charge >= 0.3 is 0 Å². The highest BCUT2D eigenvalue weighted by Gasteiger charge is 2.23. The maximum absolute atomic E-state index is 13.9. The summed E-state index contributed by atoms with van der Waals surface area (Å²) >= 11 is 0. The van der Waals surface area contributed by atoms with Gasteiger partial charge in [-0.2, -0.15) is 0 Å². The van der Waals surface area contributed by atoms with E-state index in [1.807, 2.05) is 12.1 Å². The van der Waals surface area contributed by atoms with Gasteiger partial charge in [0, 0.05) is 39.3 Å². The van der Waals surface area contributed by atoms with E-state index in [-0.39, 0.29) is 10.9 Å². The van der Waals surface area contributed by atoms with Gasteiger partial charge in [0.25, 0.3) is 10.0 Å². The van der Waals surface area contributed by atoms with Gasteiger partial charge in [-0.1, -0.05) is 18.2 Å². The molecule has 0 unspecified atom stereocenters. The summed E-state index contributed by atoms with van der Waals surface area (Å²) in [6, 6.07) is 10.1. The quantitative estimate of drug-likeness (QED) is 0.752. The SMILES string of the molecule is CN(C)S(=O)(=O)c1ccc(CN2CCCN(Cc3ccccc3F)CC2)o1. The molecule has 0 spiro atoms. The van der Waals surface area contributed by atoms with Crippen molar-refractivity contribution in [2.24, 2.45) is 0 Å². The molecule has 148 valence electrons. The lowest BCUT2D eigenvalue weighted by atomic mass is 10.2. The normalized spacial score (nSPS) is 17.3. The lowest BCUT2D eigenvalue weighted by molar-refractivity contribution is 0.228. The first-order chi connectivity index (χ1) is 12.9. The average molecular weight is 396 g/mol. The van der Waals surface area contributed by atoms with Crippen molar-refractivity contribution in [1.82, 2.24) is 14.1 Å². The lowest BCUT2D eigenvalue weighted by Gasteiger charge is -2.21. The summed E-state index contributed by atoms with van der Waals surface area (Å²) in [5.41, 5.74) is 0.718. The van der Waals surface area contributed by atoms with Crippen LogP contribution < -0.4 is 0 Å². The van der Waals surface area contributed by atoms with Crippen LogP contribution in [0.3, 0.4) is 0 Å². The van der Waals surface area contributed by atoms with Crippen molar-refractivity contribution >= 4 is 10.0 Å². The van der Waals surface area contributed by atoms with Crippen LogP contribution in [0.25, 0.3) is 0 Å². The number of rotatable bonds is 6. The number of halogens is 1. The topological polar surface area (TPSA) is 57.0 Å². The molecule has 0 aliphatic carbocycles. The fraction of sp³-hybridized carbons (Fsp3) is 0.474. The van der Waals surface area contributed by atoms with Crippen LogP contribution in [0, 0.1) is 5.82 Å². The van der Waals surface area contributed by atoms with E-state index in [1.165, 1.54) is 26.2 Å². The highest BCUT2D eigenvalue weighted by Crippen LogP contribution is 2.19. The predicted octanol–water partition coefficient (Wildman–Crippen LogP) is 2.38. The molecule has 0 amide bonds. The van der Waals surface area contributed by atoms with Gasteiger partial charge in [-0.25, -0.2) is 17.1 Å². The van der Waals surface area contributed by atoms with Crippen molar-refractivity contribution in [3.05, 3.63) is 53.5 Å². The molecule has 2 aromatic rings. The Balaban J connectivity index is 1.57. The molecule has 1 saturated heterocycles. The Hall–Kier alpha value is -1.74. The van der Waals surface area contributed by atoms with E-state index in [4.69, 9.17) is 4.42 Å². The fourth-order valence-electron chi connectivity index (χ4n) is 3.19. The standard InChI is InChI=1S/C19H26FN3O3S/c1-21(2)27(24,25)19-9-8-17(26-19)15-23-11-5-10-22(12-13-23)14-16-6-3-4-7-18(16)20/h3-4,6-9H,5,10-15H2,1-2H3. The first-order valence-corrected chi connectivity index (χ1v) is 10.5. The third kappa shape index (κ3) is 4.95. The van der Waals surface area contributed by atoms with Gasteiger partial charge in [-0.3, -0.25) is 9.80 Å². The molecular formula is C19H26FN3O3S. The predicted molar refractivity (Wildman–Crippen MR) is 101 cm³/mol. The molecule has 0 saturated carbocycles. The molecule has 1 fully saturated rings. The number of sulfonamides is 1. The van der Waals surface area contributed by atoms with E-state index >= 15 is 0 Å². The van der Waals surface area contributed by atoms with Gasteiger partial charge in [0.15, 0.2) is 0 Å². The highest BCUT2D eigenvalue weighted by molar-refractivity contribution is 7.88. The summed E-state index contributed by atoms with van der Waals surface area (Å²) < 4.78 is 44.8. The Bertz CT molecular complexity index is 867. The molecule has 0 N–H and O–H groups in total. The Morgan fingerprint density at radius 3 is 2.33 bits per heavy atom. The van der Waals surface area contributed by atoms with Crippen LogP contribution in [-0.2, 0) is 23.1 Å². The van der Waals surface area contributed by atoms with Crippen LogP contribution in [0.2, 0.25) is 0 Å². The minimum atomic E-state index is -3.55. The van der Waals surface area contributed by atoms with Gasteiger partial charge in [0.2, 0.25) is 5.09 Å². The number of hydrogen-bond donors (Lipinski definition) is 0. The Morgan fingerprint density at radius 2 is 1.67 bits per heavy atom. The van der Waals surface area contributed by atoms with Crippen molar-refractivity contribution in [2.75, 3.05) is 40.3 Å². The Morgan fingerprint density at radius 1 is 1.00 bits per heavy atom. The Labute approximate surface area is 160 Å². The number of hydrogen-bond acceptors (Lipinski definition) is 5. The molecule has 1 aliphatic heterocycles.